The quantitative estimate of drug-likeness (QED) is 0.507. The van der Waals surface area contributed by atoms with Crippen molar-refractivity contribution in [3.8, 4) is 0 Å². The van der Waals surface area contributed by atoms with Gasteiger partial charge in [-0.2, -0.15) is 0 Å². The van der Waals surface area contributed by atoms with E-state index in [0.717, 1.165) is 0 Å². The molecular weight excluding hydrogens is 112 g/mol. The maximum Gasteiger partial charge on any atom is -0.00179 e. The van der Waals surface area contributed by atoms with Crippen LogP contribution in [0.1, 0.15) is 26.7 Å². The molecule has 0 amide bonds. The largest absolute Gasteiger partial charge is 0.328 e. The van der Waals surface area contributed by atoms with Crippen LogP contribution in [0, 0.1) is 0 Å². The zero-order valence-corrected chi connectivity index (χ0v) is 6.48. The smallest absolute Gasteiger partial charge is 0.00179 e. The second kappa shape index (κ2) is 6.05. The predicted molar refractivity (Wildman–Crippen MR) is 41.4 cm³/mol. The molecule has 0 radical (unpaired) electrons. The summed E-state index contributed by atoms with van der Waals surface area (Å²) in [6.07, 6.45) is 2.78. The first-order valence-corrected chi connectivity index (χ1v) is 3.70. The molecule has 2 nitrogen and oxygen atoms in total. The van der Waals surface area contributed by atoms with Crippen molar-refractivity contribution in [3.63, 3.8) is 0 Å². The molecule has 1 heterocycles. The Kier molecular flexibility index (Phi) is 5.99. The number of nitrogens with two attached hydrogens (primary N) is 1. The van der Waals surface area contributed by atoms with Crippen LogP contribution in [0.2, 0.25) is 0 Å². The van der Waals surface area contributed by atoms with E-state index in [2.05, 4.69) is 5.32 Å². The lowest BCUT2D eigenvalue weighted by molar-refractivity contribution is 0.834. The van der Waals surface area contributed by atoms with Crippen molar-refractivity contribution in [2.24, 2.45) is 5.73 Å². The fraction of sp³-hybridized carbons (Fsp3) is 1.00. The van der Waals surface area contributed by atoms with E-state index in [0.29, 0.717) is 6.04 Å². The minimum absolute atomic E-state index is 0.333. The van der Waals surface area contributed by atoms with Gasteiger partial charge in [0.05, 0.1) is 0 Å². The van der Waals surface area contributed by atoms with Gasteiger partial charge in [-0.25, -0.2) is 0 Å². The zero-order chi connectivity index (χ0) is 7.11. The second-order valence-corrected chi connectivity index (χ2v) is 2.70. The molecule has 0 atom stereocenters. The monoisotopic (exact) mass is 130 g/mol. The van der Waals surface area contributed by atoms with E-state index in [1.54, 1.807) is 0 Å². The molecule has 0 aromatic rings. The van der Waals surface area contributed by atoms with Gasteiger partial charge in [-0.15, -0.1) is 0 Å². The van der Waals surface area contributed by atoms with Crippen molar-refractivity contribution in [1.29, 1.82) is 0 Å². The normalized spacial score (nSPS) is 17.3. The molecule has 0 aliphatic carbocycles. The van der Waals surface area contributed by atoms with E-state index in [1.165, 1.54) is 25.9 Å². The Labute approximate surface area is 57.8 Å². The Morgan fingerprint density at radius 1 is 1.22 bits per heavy atom. The first kappa shape index (κ1) is 8.92. The Bertz CT molecular complexity index is 38.5. The standard InChI is InChI=1S/C4H9N.C3H9N/c1-2-4-5-3-1;1-3(2)4/h5H,1-4H2;3H,4H2,1-2H3. The summed E-state index contributed by atoms with van der Waals surface area (Å²) in [7, 11) is 0. The van der Waals surface area contributed by atoms with Gasteiger partial charge in [0, 0.05) is 0 Å². The van der Waals surface area contributed by atoms with Crippen LogP contribution in [-0.2, 0) is 0 Å². The lowest BCUT2D eigenvalue weighted by atomic mass is 10.4. The van der Waals surface area contributed by atoms with Crippen LogP contribution in [0.5, 0.6) is 0 Å². The molecule has 56 valence electrons. The van der Waals surface area contributed by atoms with E-state index in [4.69, 9.17) is 5.73 Å². The molecule has 3 N–H and O–H groups in total. The van der Waals surface area contributed by atoms with E-state index in [9.17, 15) is 0 Å². The Balaban J connectivity index is 0.000000148. The summed E-state index contributed by atoms with van der Waals surface area (Å²) >= 11 is 0. The van der Waals surface area contributed by atoms with Crippen LogP contribution in [0.25, 0.3) is 0 Å². The molecule has 1 saturated heterocycles. The van der Waals surface area contributed by atoms with Gasteiger partial charge < -0.3 is 11.1 Å². The summed E-state index contributed by atoms with van der Waals surface area (Å²) in [6, 6.07) is 0.333. The molecule has 2 heteroatoms. The van der Waals surface area contributed by atoms with Crippen molar-refractivity contribution < 1.29 is 0 Å². The number of hydrogen-bond acceptors (Lipinski definition) is 2. The molecular formula is C7H18N2. The third-order valence-corrected chi connectivity index (χ3v) is 0.957. The molecule has 0 aromatic carbocycles. The molecule has 0 spiro atoms. The maximum absolute atomic E-state index is 5.11. The third-order valence-electron chi connectivity index (χ3n) is 0.957. The topological polar surface area (TPSA) is 38.0 Å². The Morgan fingerprint density at radius 2 is 1.56 bits per heavy atom. The highest BCUT2D eigenvalue weighted by Gasteiger charge is 1.93. The average Bonchev–Trinajstić information content (AvgIpc) is 2.11. The fourth-order valence-corrected chi connectivity index (χ4v) is 0.625. The van der Waals surface area contributed by atoms with Crippen LogP contribution < -0.4 is 11.1 Å². The molecule has 0 unspecified atom stereocenters. The summed E-state index contributed by atoms with van der Waals surface area (Å²) in [5.41, 5.74) is 5.11. The van der Waals surface area contributed by atoms with Crippen LogP contribution in [0.3, 0.4) is 0 Å². The maximum atomic E-state index is 5.11. The lowest BCUT2D eigenvalue weighted by Crippen LogP contribution is -2.06. The van der Waals surface area contributed by atoms with Gasteiger partial charge in [-0.3, -0.25) is 0 Å². The molecule has 1 rings (SSSR count). The Hall–Kier alpha value is -0.0800. The van der Waals surface area contributed by atoms with Gasteiger partial charge in [-0.1, -0.05) is 13.8 Å². The average molecular weight is 130 g/mol. The van der Waals surface area contributed by atoms with E-state index < -0.39 is 0 Å². The highest BCUT2D eigenvalue weighted by molar-refractivity contribution is 4.55. The molecule has 1 aliphatic rings. The number of rotatable bonds is 0. The van der Waals surface area contributed by atoms with Crippen molar-refractivity contribution in [2.45, 2.75) is 32.7 Å². The van der Waals surface area contributed by atoms with Crippen LogP contribution >= 0.6 is 0 Å². The summed E-state index contributed by atoms with van der Waals surface area (Å²) in [6.45, 7) is 6.39. The van der Waals surface area contributed by atoms with Gasteiger partial charge in [0.15, 0.2) is 0 Å². The first-order valence-electron chi connectivity index (χ1n) is 3.70. The summed E-state index contributed by atoms with van der Waals surface area (Å²) < 4.78 is 0. The van der Waals surface area contributed by atoms with Crippen molar-refractivity contribution in [1.82, 2.24) is 5.32 Å². The SMILES string of the molecule is C1CCNC1.CC(C)N. The van der Waals surface area contributed by atoms with Gasteiger partial charge >= 0.3 is 0 Å². The molecule has 0 saturated carbocycles. The van der Waals surface area contributed by atoms with E-state index >= 15 is 0 Å². The molecule has 9 heavy (non-hydrogen) atoms. The number of nitrogens with one attached hydrogen (secondary N) is 1. The summed E-state index contributed by atoms with van der Waals surface area (Å²) in [4.78, 5) is 0. The van der Waals surface area contributed by atoms with E-state index in [1.807, 2.05) is 13.8 Å². The van der Waals surface area contributed by atoms with Gasteiger partial charge in [0.25, 0.3) is 0 Å². The zero-order valence-electron chi connectivity index (χ0n) is 6.48. The van der Waals surface area contributed by atoms with Crippen LogP contribution in [-0.4, -0.2) is 19.1 Å². The van der Waals surface area contributed by atoms with Crippen molar-refractivity contribution in [3.05, 3.63) is 0 Å². The molecule has 1 fully saturated rings. The first-order chi connectivity index (χ1) is 4.23. The van der Waals surface area contributed by atoms with Gasteiger partial charge in [0.2, 0.25) is 0 Å². The Morgan fingerprint density at radius 3 is 1.67 bits per heavy atom. The summed E-state index contributed by atoms with van der Waals surface area (Å²) in [5.74, 6) is 0. The van der Waals surface area contributed by atoms with Gasteiger partial charge in [-0.05, 0) is 32.0 Å². The van der Waals surface area contributed by atoms with Crippen LogP contribution in [0.15, 0.2) is 0 Å². The predicted octanol–water partition coefficient (Wildman–Crippen LogP) is 0.723. The minimum Gasteiger partial charge on any atom is -0.328 e. The molecule has 0 aromatic heterocycles. The number of hydrogen-bond donors (Lipinski definition) is 2. The third kappa shape index (κ3) is 11.5. The minimum atomic E-state index is 0.333. The highest BCUT2D eigenvalue weighted by Crippen LogP contribution is 1.90. The van der Waals surface area contributed by atoms with Crippen molar-refractivity contribution in [2.75, 3.05) is 13.1 Å². The lowest BCUT2D eigenvalue weighted by Gasteiger charge is -1.81. The fourth-order valence-electron chi connectivity index (χ4n) is 0.625. The molecule has 0 bridgehead atoms. The van der Waals surface area contributed by atoms with Crippen molar-refractivity contribution >= 4 is 0 Å². The van der Waals surface area contributed by atoms with Crippen LogP contribution in [0.4, 0.5) is 0 Å². The summed E-state index contributed by atoms with van der Waals surface area (Å²) in [5, 5.41) is 3.22. The van der Waals surface area contributed by atoms with E-state index in [-0.39, 0.29) is 0 Å². The molecule has 1 aliphatic heterocycles. The van der Waals surface area contributed by atoms with Gasteiger partial charge in [0.1, 0.15) is 0 Å². The second-order valence-electron chi connectivity index (χ2n) is 2.70. The highest BCUT2D eigenvalue weighted by atomic mass is 14.9.